The summed E-state index contributed by atoms with van der Waals surface area (Å²) >= 11 is 0. The lowest BCUT2D eigenvalue weighted by atomic mass is 9.84. The molecule has 2 fully saturated rings. The van der Waals surface area contributed by atoms with Crippen LogP contribution in [0.15, 0.2) is 48.5 Å². The van der Waals surface area contributed by atoms with Gasteiger partial charge in [0.15, 0.2) is 0 Å². The van der Waals surface area contributed by atoms with Gasteiger partial charge in [0.2, 0.25) is 5.91 Å². The Kier molecular flexibility index (Phi) is 5.53. The van der Waals surface area contributed by atoms with Crippen molar-refractivity contribution in [1.82, 2.24) is 0 Å². The third-order valence-electron chi connectivity index (χ3n) is 6.12. The molecule has 2 bridgehead atoms. The molecule has 2 aromatic rings. The lowest BCUT2D eigenvalue weighted by molar-refractivity contribution is -0.121. The Morgan fingerprint density at radius 3 is 2.21 bits per heavy atom. The first-order valence-electron chi connectivity index (χ1n) is 10.3. The van der Waals surface area contributed by atoms with E-state index < -0.39 is 0 Å². The number of anilines is 2. The molecule has 0 heterocycles. The second kappa shape index (κ2) is 8.25. The van der Waals surface area contributed by atoms with Gasteiger partial charge in [-0.1, -0.05) is 0 Å². The molecule has 4 atom stereocenters. The summed E-state index contributed by atoms with van der Waals surface area (Å²) < 4.78 is 5.40. The van der Waals surface area contributed by atoms with Crippen LogP contribution < -0.4 is 21.1 Å². The molecule has 2 aromatic carbocycles. The number of hydrogen-bond donors (Lipinski definition) is 3. The molecule has 0 radical (unpaired) electrons. The van der Waals surface area contributed by atoms with Gasteiger partial charge in [0.25, 0.3) is 5.91 Å². The molecular formula is C23H27N3O3. The summed E-state index contributed by atoms with van der Waals surface area (Å²) in [6.07, 6.45) is 3.32. The third-order valence-corrected chi connectivity index (χ3v) is 6.12. The first kappa shape index (κ1) is 19.5. The van der Waals surface area contributed by atoms with Crippen LogP contribution in [0.1, 0.15) is 36.5 Å². The molecule has 2 aliphatic carbocycles. The Hall–Kier alpha value is -2.86. The fraction of sp³-hybridized carbons (Fsp3) is 0.391. The lowest BCUT2D eigenvalue weighted by Crippen LogP contribution is -2.42. The molecule has 2 amide bonds. The Bertz CT molecular complexity index is 877. The number of carbonyl (C=O) groups excluding carboxylic acids is 2. The number of benzene rings is 2. The van der Waals surface area contributed by atoms with E-state index in [9.17, 15) is 9.59 Å². The van der Waals surface area contributed by atoms with Crippen molar-refractivity contribution in [3.8, 4) is 5.75 Å². The number of rotatable bonds is 6. The first-order chi connectivity index (χ1) is 14.0. The van der Waals surface area contributed by atoms with Gasteiger partial charge in [0.1, 0.15) is 5.75 Å². The number of nitrogens with one attached hydrogen (secondary N) is 2. The van der Waals surface area contributed by atoms with Crippen LogP contribution >= 0.6 is 0 Å². The minimum absolute atomic E-state index is 0.00344. The number of carbonyl (C=O) groups is 2. The zero-order chi connectivity index (χ0) is 20.4. The molecule has 0 aliphatic heterocycles. The van der Waals surface area contributed by atoms with Gasteiger partial charge in [-0.15, -0.1) is 0 Å². The average molecular weight is 393 g/mol. The number of fused-ring (bicyclic) bond motifs is 2. The molecule has 4 unspecified atom stereocenters. The standard InChI is InChI=1S/C23H27N3O3/c1-2-29-19-11-9-18(10-12-19)25-22(27)14-5-7-17(8-6-14)26-23(28)20-15-3-4-16(13-15)21(20)24/h5-12,15-16,20-21H,2-4,13,24H2,1H3,(H,25,27)(H,26,28). The lowest BCUT2D eigenvalue weighted by Gasteiger charge is -2.27. The van der Waals surface area contributed by atoms with Crippen molar-refractivity contribution >= 4 is 23.2 Å². The Labute approximate surface area is 170 Å². The van der Waals surface area contributed by atoms with E-state index in [1.165, 1.54) is 0 Å². The molecule has 0 saturated heterocycles. The van der Waals surface area contributed by atoms with Gasteiger partial charge in [-0.2, -0.15) is 0 Å². The maximum Gasteiger partial charge on any atom is 0.255 e. The van der Waals surface area contributed by atoms with Crippen molar-refractivity contribution in [2.24, 2.45) is 23.5 Å². The quantitative estimate of drug-likeness (QED) is 0.698. The molecule has 2 aliphatic rings. The first-order valence-corrected chi connectivity index (χ1v) is 10.3. The van der Waals surface area contributed by atoms with Crippen LogP contribution in [0.3, 0.4) is 0 Å². The van der Waals surface area contributed by atoms with E-state index in [0.29, 0.717) is 35.4 Å². The highest BCUT2D eigenvalue weighted by atomic mass is 16.5. The number of amides is 2. The van der Waals surface area contributed by atoms with E-state index in [0.717, 1.165) is 25.0 Å². The van der Waals surface area contributed by atoms with E-state index in [-0.39, 0.29) is 23.8 Å². The Morgan fingerprint density at radius 1 is 0.966 bits per heavy atom. The highest BCUT2D eigenvalue weighted by Crippen LogP contribution is 2.47. The Balaban J connectivity index is 1.35. The molecule has 152 valence electrons. The van der Waals surface area contributed by atoms with Gasteiger partial charge in [-0.3, -0.25) is 9.59 Å². The van der Waals surface area contributed by atoms with Crippen molar-refractivity contribution in [3.05, 3.63) is 54.1 Å². The fourth-order valence-corrected chi connectivity index (χ4v) is 4.66. The molecule has 29 heavy (non-hydrogen) atoms. The molecule has 2 saturated carbocycles. The highest BCUT2D eigenvalue weighted by Gasteiger charge is 2.49. The van der Waals surface area contributed by atoms with E-state index >= 15 is 0 Å². The zero-order valence-corrected chi connectivity index (χ0v) is 16.6. The monoisotopic (exact) mass is 393 g/mol. The summed E-state index contributed by atoms with van der Waals surface area (Å²) in [7, 11) is 0. The Morgan fingerprint density at radius 2 is 1.59 bits per heavy atom. The summed E-state index contributed by atoms with van der Waals surface area (Å²) in [6, 6.07) is 14.1. The zero-order valence-electron chi connectivity index (χ0n) is 16.6. The van der Waals surface area contributed by atoms with Crippen LogP contribution in [0.25, 0.3) is 0 Å². The summed E-state index contributed by atoms with van der Waals surface area (Å²) in [6.45, 7) is 2.52. The minimum atomic E-state index is -0.206. The van der Waals surface area contributed by atoms with Crippen LogP contribution in [0, 0.1) is 17.8 Å². The highest BCUT2D eigenvalue weighted by molar-refractivity contribution is 6.04. The van der Waals surface area contributed by atoms with Crippen LogP contribution in [0.4, 0.5) is 11.4 Å². The average Bonchev–Trinajstić information content (AvgIpc) is 3.31. The van der Waals surface area contributed by atoms with Gasteiger partial charge in [-0.05, 0) is 86.6 Å². The normalized spacial score (nSPS) is 24.9. The van der Waals surface area contributed by atoms with Crippen LogP contribution in [0.2, 0.25) is 0 Å². The maximum atomic E-state index is 12.7. The molecule has 0 aromatic heterocycles. The summed E-state index contributed by atoms with van der Waals surface area (Å²) in [5.41, 5.74) is 8.16. The molecular weight excluding hydrogens is 366 g/mol. The van der Waals surface area contributed by atoms with E-state index in [1.54, 1.807) is 36.4 Å². The fourth-order valence-electron chi connectivity index (χ4n) is 4.66. The van der Waals surface area contributed by atoms with Crippen molar-refractivity contribution in [1.29, 1.82) is 0 Å². The maximum absolute atomic E-state index is 12.7. The topological polar surface area (TPSA) is 93.5 Å². The largest absolute Gasteiger partial charge is 0.494 e. The second-order valence-electron chi connectivity index (χ2n) is 7.91. The van der Waals surface area contributed by atoms with E-state index in [1.807, 2.05) is 19.1 Å². The molecule has 6 heteroatoms. The third kappa shape index (κ3) is 4.12. The smallest absolute Gasteiger partial charge is 0.255 e. The van der Waals surface area contributed by atoms with Crippen LogP contribution in [0.5, 0.6) is 5.75 Å². The van der Waals surface area contributed by atoms with Gasteiger partial charge in [0, 0.05) is 23.0 Å². The minimum Gasteiger partial charge on any atom is -0.494 e. The second-order valence-corrected chi connectivity index (χ2v) is 7.91. The van der Waals surface area contributed by atoms with E-state index in [4.69, 9.17) is 10.5 Å². The SMILES string of the molecule is CCOc1ccc(NC(=O)c2ccc(NC(=O)C3C4CCC(C4)C3N)cc2)cc1. The van der Waals surface area contributed by atoms with Gasteiger partial charge in [0.05, 0.1) is 12.5 Å². The van der Waals surface area contributed by atoms with Gasteiger partial charge >= 0.3 is 0 Å². The van der Waals surface area contributed by atoms with Crippen molar-refractivity contribution in [2.75, 3.05) is 17.2 Å². The van der Waals surface area contributed by atoms with Crippen molar-refractivity contribution in [2.45, 2.75) is 32.2 Å². The van der Waals surface area contributed by atoms with Crippen molar-refractivity contribution < 1.29 is 14.3 Å². The molecule has 0 spiro atoms. The van der Waals surface area contributed by atoms with Gasteiger partial charge < -0.3 is 21.1 Å². The number of hydrogen-bond acceptors (Lipinski definition) is 4. The number of ether oxygens (including phenoxy) is 1. The predicted molar refractivity (Wildman–Crippen MR) is 113 cm³/mol. The van der Waals surface area contributed by atoms with Crippen LogP contribution in [-0.2, 0) is 4.79 Å². The van der Waals surface area contributed by atoms with Crippen LogP contribution in [-0.4, -0.2) is 24.5 Å². The molecule has 4 rings (SSSR count). The summed E-state index contributed by atoms with van der Waals surface area (Å²) in [5, 5.41) is 5.83. The molecule has 6 nitrogen and oxygen atoms in total. The summed E-state index contributed by atoms with van der Waals surface area (Å²) in [5.74, 6) is 1.36. The molecule has 4 N–H and O–H groups in total. The van der Waals surface area contributed by atoms with Crippen molar-refractivity contribution in [3.63, 3.8) is 0 Å². The van der Waals surface area contributed by atoms with E-state index in [2.05, 4.69) is 10.6 Å². The van der Waals surface area contributed by atoms with Gasteiger partial charge in [-0.25, -0.2) is 0 Å². The summed E-state index contributed by atoms with van der Waals surface area (Å²) in [4.78, 5) is 25.1. The predicted octanol–water partition coefficient (Wildman–Crippen LogP) is 3.65. The number of nitrogens with two attached hydrogens (primary N) is 1.